The quantitative estimate of drug-likeness (QED) is 0.685. The second-order valence-electron chi connectivity index (χ2n) is 4.72. The van der Waals surface area contributed by atoms with E-state index in [0.717, 1.165) is 34.4 Å². The molecule has 0 aliphatic carbocycles. The lowest BCUT2D eigenvalue weighted by Crippen LogP contribution is -2.04. The number of hydrogen-bond donors (Lipinski definition) is 0. The SMILES string of the molecule is Cc1cccc2c1-c1c(P)cccc1OCCCO2. The summed E-state index contributed by atoms with van der Waals surface area (Å²) in [5.74, 6) is 1.88. The molecular weight excluding hydrogens is 255 g/mol. The van der Waals surface area contributed by atoms with Crippen molar-refractivity contribution in [2.45, 2.75) is 13.3 Å². The zero-order valence-electron chi connectivity index (χ0n) is 11.0. The molecule has 0 saturated heterocycles. The summed E-state index contributed by atoms with van der Waals surface area (Å²) in [7, 11) is 2.79. The average Bonchev–Trinajstić information content (AvgIpc) is 2.48. The van der Waals surface area contributed by atoms with Crippen LogP contribution in [0.5, 0.6) is 11.5 Å². The molecule has 1 heterocycles. The lowest BCUT2D eigenvalue weighted by molar-refractivity contribution is 0.252. The molecule has 0 spiro atoms. The van der Waals surface area contributed by atoms with Gasteiger partial charge in [0.25, 0.3) is 0 Å². The van der Waals surface area contributed by atoms with Gasteiger partial charge in [0.1, 0.15) is 11.5 Å². The first-order chi connectivity index (χ1) is 9.27. The van der Waals surface area contributed by atoms with Crippen LogP contribution in [0.25, 0.3) is 11.1 Å². The fourth-order valence-electron chi connectivity index (χ4n) is 2.44. The first kappa shape index (κ1) is 12.5. The van der Waals surface area contributed by atoms with Gasteiger partial charge in [0.15, 0.2) is 0 Å². The maximum atomic E-state index is 5.91. The zero-order valence-corrected chi connectivity index (χ0v) is 12.1. The van der Waals surface area contributed by atoms with E-state index in [-0.39, 0.29) is 0 Å². The minimum atomic E-state index is 0.689. The van der Waals surface area contributed by atoms with Crippen LogP contribution in [0.15, 0.2) is 36.4 Å². The van der Waals surface area contributed by atoms with Crippen molar-refractivity contribution in [3.63, 3.8) is 0 Å². The van der Waals surface area contributed by atoms with Crippen molar-refractivity contribution in [3.05, 3.63) is 42.0 Å². The van der Waals surface area contributed by atoms with E-state index in [0.29, 0.717) is 13.2 Å². The van der Waals surface area contributed by atoms with Crippen molar-refractivity contribution in [2.75, 3.05) is 13.2 Å². The van der Waals surface area contributed by atoms with E-state index in [9.17, 15) is 0 Å². The maximum Gasteiger partial charge on any atom is 0.127 e. The van der Waals surface area contributed by atoms with Gasteiger partial charge in [0.2, 0.25) is 0 Å². The summed E-state index contributed by atoms with van der Waals surface area (Å²) in [6.07, 6.45) is 0.897. The van der Waals surface area contributed by atoms with Crippen molar-refractivity contribution >= 4 is 14.5 Å². The minimum absolute atomic E-state index is 0.689. The molecule has 3 rings (SSSR count). The van der Waals surface area contributed by atoms with Gasteiger partial charge in [-0.05, 0) is 29.9 Å². The Labute approximate surface area is 115 Å². The summed E-state index contributed by atoms with van der Waals surface area (Å²) < 4.78 is 11.8. The van der Waals surface area contributed by atoms with Gasteiger partial charge in [-0.3, -0.25) is 0 Å². The maximum absolute atomic E-state index is 5.91. The number of hydrogen-bond acceptors (Lipinski definition) is 2. The van der Waals surface area contributed by atoms with Gasteiger partial charge in [-0.15, -0.1) is 9.24 Å². The first-order valence-corrected chi connectivity index (χ1v) is 7.09. The van der Waals surface area contributed by atoms with Crippen LogP contribution in [-0.4, -0.2) is 13.2 Å². The molecule has 1 atom stereocenters. The van der Waals surface area contributed by atoms with E-state index >= 15 is 0 Å². The van der Waals surface area contributed by atoms with Crippen LogP contribution in [0.1, 0.15) is 12.0 Å². The first-order valence-electron chi connectivity index (χ1n) is 6.51. The third kappa shape index (κ3) is 2.33. The van der Waals surface area contributed by atoms with E-state index in [1.54, 1.807) is 0 Å². The lowest BCUT2D eigenvalue weighted by atomic mass is 9.98. The molecule has 0 N–H and O–H groups in total. The standard InChI is InChI=1S/C16H17O2P/c1-11-5-2-6-12-15(11)16-13(7-3-8-14(16)19)18-10-4-9-17-12/h2-3,5-8H,4,9-10,19H2,1H3. The number of fused-ring (bicyclic) bond motifs is 3. The predicted octanol–water partition coefficient (Wildman–Crippen LogP) is 3.32. The Kier molecular flexibility index (Phi) is 3.44. The molecule has 98 valence electrons. The third-order valence-corrected chi connectivity index (χ3v) is 3.83. The van der Waals surface area contributed by atoms with E-state index in [1.165, 1.54) is 5.56 Å². The van der Waals surface area contributed by atoms with Crippen molar-refractivity contribution in [1.82, 2.24) is 0 Å². The monoisotopic (exact) mass is 272 g/mol. The molecule has 0 fully saturated rings. The van der Waals surface area contributed by atoms with Crippen LogP contribution in [0, 0.1) is 6.92 Å². The molecule has 0 bridgehead atoms. The Morgan fingerprint density at radius 1 is 0.895 bits per heavy atom. The van der Waals surface area contributed by atoms with Gasteiger partial charge < -0.3 is 9.47 Å². The summed E-state index contributed by atoms with van der Waals surface area (Å²) in [6, 6.07) is 12.3. The summed E-state index contributed by atoms with van der Waals surface area (Å²) >= 11 is 0. The Balaban J connectivity index is 2.30. The fourth-order valence-corrected chi connectivity index (χ4v) is 2.84. The van der Waals surface area contributed by atoms with Crippen molar-refractivity contribution < 1.29 is 9.47 Å². The average molecular weight is 272 g/mol. The fraction of sp³-hybridized carbons (Fsp3) is 0.250. The second kappa shape index (κ2) is 5.22. The Bertz CT molecular complexity index is 554. The van der Waals surface area contributed by atoms with E-state index < -0.39 is 0 Å². The van der Waals surface area contributed by atoms with Gasteiger partial charge in [-0.1, -0.05) is 24.3 Å². The normalized spacial score (nSPS) is 14.0. The summed E-state index contributed by atoms with van der Waals surface area (Å²) in [5.41, 5.74) is 3.48. The second-order valence-corrected chi connectivity index (χ2v) is 5.34. The Hall–Kier alpha value is -1.53. The summed E-state index contributed by atoms with van der Waals surface area (Å²) in [4.78, 5) is 0. The van der Waals surface area contributed by atoms with Crippen LogP contribution < -0.4 is 14.8 Å². The van der Waals surface area contributed by atoms with Crippen LogP contribution in [0.2, 0.25) is 0 Å². The molecule has 0 saturated carbocycles. The minimum Gasteiger partial charge on any atom is -0.493 e. The molecule has 2 nitrogen and oxygen atoms in total. The molecule has 3 heteroatoms. The van der Waals surface area contributed by atoms with Gasteiger partial charge in [-0.25, -0.2) is 0 Å². The van der Waals surface area contributed by atoms with Crippen molar-refractivity contribution in [2.24, 2.45) is 0 Å². The topological polar surface area (TPSA) is 18.5 Å². The van der Waals surface area contributed by atoms with Crippen molar-refractivity contribution in [3.8, 4) is 22.6 Å². The Morgan fingerprint density at radius 2 is 1.53 bits per heavy atom. The predicted molar refractivity (Wildman–Crippen MR) is 81.6 cm³/mol. The highest BCUT2D eigenvalue weighted by atomic mass is 31.0. The third-order valence-electron chi connectivity index (χ3n) is 3.35. The molecule has 1 aliphatic rings. The van der Waals surface area contributed by atoms with Gasteiger partial charge in [0.05, 0.1) is 13.2 Å². The van der Waals surface area contributed by atoms with Crippen molar-refractivity contribution in [1.29, 1.82) is 0 Å². The van der Waals surface area contributed by atoms with E-state index in [2.05, 4.69) is 28.3 Å². The van der Waals surface area contributed by atoms with Gasteiger partial charge in [-0.2, -0.15) is 0 Å². The molecule has 2 aromatic carbocycles. The van der Waals surface area contributed by atoms with E-state index in [4.69, 9.17) is 9.47 Å². The van der Waals surface area contributed by atoms with Gasteiger partial charge >= 0.3 is 0 Å². The zero-order chi connectivity index (χ0) is 13.2. The molecule has 0 aromatic heterocycles. The van der Waals surface area contributed by atoms with Crippen LogP contribution in [0.4, 0.5) is 0 Å². The molecule has 2 aromatic rings. The molecule has 19 heavy (non-hydrogen) atoms. The molecule has 0 radical (unpaired) electrons. The molecule has 1 aliphatic heterocycles. The number of aryl methyl sites for hydroxylation is 1. The molecule has 0 amide bonds. The molecule has 1 unspecified atom stereocenters. The highest BCUT2D eigenvalue weighted by Crippen LogP contribution is 2.39. The number of rotatable bonds is 0. The highest BCUT2D eigenvalue weighted by Gasteiger charge is 2.18. The number of ether oxygens (including phenoxy) is 2. The van der Waals surface area contributed by atoms with Crippen LogP contribution in [-0.2, 0) is 0 Å². The van der Waals surface area contributed by atoms with E-state index in [1.807, 2.05) is 24.3 Å². The summed E-state index contributed by atoms with van der Waals surface area (Å²) in [5, 5.41) is 1.14. The largest absolute Gasteiger partial charge is 0.493 e. The Morgan fingerprint density at radius 3 is 2.26 bits per heavy atom. The molecular formula is C16H17O2P. The van der Waals surface area contributed by atoms with Crippen LogP contribution in [0.3, 0.4) is 0 Å². The smallest absolute Gasteiger partial charge is 0.127 e. The van der Waals surface area contributed by atoms with Crippen LogP contribution >= 0.6 is 9.24 Å². The number of benzene rings is 2. The van der Waals surface area contributed by atoms with Gasteiger partial charge in [0, 0.05) is 17.5 Å². The summed E-state index contributed by atoms with van der Waals surface area (Å²) in [6.45, 7) is 3.49. The highest BCUT2D eigenvalue weighted by molar-refractivity contribution is 7.28. The lowest BCUT2D eigenvalue weighted by Gasteiger charge is -2.16.